The van der Waals surface area contributed by atoms with Crippen molar-refractivity contribution >= 4 is 5.91 Å². The zero-order chi connectivity index (χ0) is 11.5. The van der Waals surface area contributed by atoms with Crippen LogP contribution in [0.2, 0.25) is 0 Å². The van der Waals surface area contributed by atoms with Gasteiger partial charge in [-0.1, -0.05) is 19.1 Å². The highest BCUT2D eigenvalue weighted by molar-refractivity contribution is 5.80. The van der Waals surface area contributed by atoms with E-state index in [0.29, 0.717) is 12.3 Å². The molecule has 0 spiro atoms. The summed E-state index contributed by atoms with van der Waals surface area (Å²) in [6, 6.07) is 8.27. The number of rotatable bonds is 3. The summed E-state index contributed by atoms with van der Waals surface area (Å²) >= 11 is 0. The van der Waals surface area contributed by atoms with E-state index in [0.717, 1.165) is 12.2 Å². The molecule has 0 bridgehead atoms. The van der Waals surface area contributed by atoms with Gasteiger partial charge in [-0.2, -0.15) is 0 Å². The van der Waals surface area contributed by atoms with Crippen LogP contribution in [0.25, 0.3) is 0 Å². The van der Waals surface area contributed by atoms with Crippen LogP contribution < -0.4 is 10.1 Å². The van der Waals surface area contributed by atoms with Gasteiger partial charge in [-0.15, -0.1) is 0 Å². The zero-order valence-electron chi connectivity index (χ0n) is 9.69. The molecule has 3 heteroatoms. The molecule has 2 unspecified atom stereocenters. The van der Waals surface area contributed by atoms with Crippen LogP contribution in [0.4, 0.5) is 0 Å². The van der Waals surface area contributed by atoms with Gasteiger partial charge in [0.1, 0.15) is 5.75 Å². The summed E-state index contributed by atoms with van der Waals surface area (Å²) in [5, 5.41) is 3.01. The van der Waals surface area contributed by atoms with E-state index < -0.39 is 0 Å². The van der Waals surface area contributed by atoms with Crippen molar-refractivity contribution in [3.05, 3.63) is 29.8 Å². The minimum atomic E-state index is 0.160. The summed E-state index contributed by atoms with van der Waals surface area (Å²) in [7, 11) is 1.66. The lowest BCUT2D eigenvalue weighted by Gasteiger charge is -2.17. The molecule has 16 heavy (non-hydrogen) atoms. The van der Waals surface area contributed by atoms with Gasteiger partial charge in [0.25, 0.3) is 0 Å². The van der Waals surface area contributed by atoms with E-state index >= 15 is 0 Å². The van der Waals surface area contributed by atoms with E-state index in [1.54, 1.807) is 7.11 Å². The molecule has 1 N–H and O–H groups in total. The van der Waals surface area contributed by atoms with Crippen molar-refractivity contribution in [2.24, 2.45) is 0 Å². The quantitative estimate of drug-likeness (QED) is 0.845. The molecular formula is C13H17NO2. The topological polar surface area (TPSA) is 38.3 Å². The van der Waals surface area contributed by atoms with Gasteiger partial charge in [0, 0.05) is 18.4 Å². The Morgan fingerprint density at radius 3 is 2.62 bits per heavy atom. The van der Waals surface area contributed by atoms with Gasteiger partial charge in [0.2, 0.25) is 5.91 Å². The van der Waals surface area contributed by atoms with Crippen molar-refractivity contribution in [1.82, 2.24) is 5.32 Å². The Morgan fingerprint density at radius 2 is 2.06 bits per heavy atom. The molecule has 2 atom stereocenters. The second kappa shape index (κ2) is 4.56. The van der Waals surface area contributed by atoms with E-state index in [2.05, 4.69) is 12.2 Å². The Bertz CT molecular complexity index is 372. The predicted molar refractivity (Wildman–Crippen MR) is 62.6 cm³/mol. The van der Waals surface area contributed by atoms with Crippen molar-refractivity contribution in [1.29, 1.82) is 0 Å². The van der Waals surface area contributed by atoms with Crippen molar-refractivity contribution in [2.45, 2.75) is 31.7 Å². The van der Waals surface area contributed by atoms with Crippen molar-refractivity contribution in [3.63, 3.8) is 0 Å². The first-order valence-electron chi connectivity index (χ1n) is 5.68. The molecule has 1 heterocycles. The van der Waals surface area contributed by atoms with Crippen LogP contribution in [0.15, 0.2) is 24.3 Å². The van der Waals surface area contributed by atoms with Crippen molar-refractivity contribution < 1.29 is 9.53 Å². The highest BCUT2D eigenvalue weighted by atomic mass is 16.5. The average molecular weight is 219 g/mol. The molecule has 1 aromatic rings. The van der Waals surface area contributed by atoms with Gasteiger partial charge in [-0.25, -0.2) is 0 Å². The molecule has 0 aromatic heterocycles. The monoisotopic (exact) mass is 219 g/mol. The largest absolute Gasteiger partial charge is 0.497 e. The molecule has 1 aliphatic rings. The number of hydrogen-bond donors (Lipinski definition) is 1. The fraction of sp³-hybridized carbons (Fsp3) is 0.462. The van der Waals surface area contributed by atoms with Gasteiger partial charge in [-0.3, -0.25) is 4.79 Å². The Hall–Kier alpha value is -1.51. The second-order valence-corrected chi connectivity index (χ2v) is 4.17. The third-order valence-electron chi connectivity index (χ3n) is 3.22. The summed E-state index contributed by atoms with van der Waals surface area (Å²) in [6.07, 6.45) is 1.58. The van der Waals surface area contributed by atoms with Gasteiger partial charge >= 0.3 is 0 Å². The first-order valence-corrected chi connectivity index (χ1v) is 5.68. The molecule has 86 valence electrons. The lowest BCUT2D eigenvalue weighted by atomic mass is 9.90. The maximum absolute atomic E-state index is 11.4. The SMILES string of the molecule is CCC1NC(=O)CC1c1ccc(OC)cc1. The summed E-state index contributed by atoms with van der Waals surface area (Å²) in [5.41, 5.74) is 1.21. The standard InChI is InChI=1S/C13H17NO2/c1-3-12-11(8-13(15)14-12)9-4-6-10(16-2)7-5-9/h4-7,11-12H,3,8H2,1-2H3,(H,14,15). The molecule has 1 amide bonds. The Kier molecular flexibility index (Phi) is 3.13. The minimum absolute atomic E-state index is 0.160. The van der Waals surface area contributed by atoms with Crippen molar-refractivity contribution in [2.75, 3.05) is 7.11 Å². The molecule has 1 aromatic carbocycles. The smallest absolute Gasteiger partial charge is 0.220 e. The number of ether oxygens (including phenoxy) is 1. The van der Waals surface area contributed by atoms with E-state index in [1.165, 1.54) is 5.56 Å². The molecule has 1 aliphatic heterocycles. The number of methoxy groups -OCH3 is 1. The lowest BCUT2D eigenvalue weighted by molar-refractivity contribution is -0.119. The molecule has 3 nitrogen and oxygen atoms in total. The Labute approximate surface area is 95.8 Å². The second-order valence-electron chi connectivity index (χ2n) is 4.17. The van der Waals surface area contributed by atoms with E-state index in [9.17, 15) is 4.79 Å². The number of nitrogens with one attached hydrogen (secondary N) is 1. The molecule has 0 aliphatic carbocycles. The summed E-state index contributed by atoms with van der Waals surface area (Å²) in [6.45, 7) is 2.10. The molecular weight excluding hydrogens is 202 g/mol. The Balaban J connectivity index is 2.19. The third-order valence-corrected chi connectivity index (χ3v) is 3.22. The van der Waals surface area contributed by atoms with Gasteiger partial charge in [0.05, 0.1) is 7.11 Å². The molecule has 0 saturated carbocycles. The Morgan fingerprint density at radius 1 is 1.38 bits per heavy atom. The normalized spacial score (nSPS) is 24.2. The maximum Gasteiger partial charge on any atom is 0.220 e. The highest BCUT2D eigenvalue weighted by Gasteiger charge is 2.31. The van der Waals surface area contributed by atoms with Crippen LogP contribution in [-0.2, 0) is 4.79 Å². The first-order chi connectivity index (χ1) is 7.74. The fourth-order valence-electron chi connectivity index (χ4n) is 2.30. The molecule has 0 radical (unpaired) electrons. The van der Waals surface area contributed by atoms with Crippen LogP contribution in [0.5, 0.6) is 5.75 Å². The van der Waals surface area contributed by atoms with Crippen molar-refractivity contribution in [3.8, 4) is 5.75 Å². The minimum Gasteiger partial charge on any atom is -0.497 e. The third kappa shape index (κ3) is 2.03. The van der Waals surface area contributed by atoms with Gasteiger partial charge in [-0.05, 0) is 24.1 Å². The van der Waals surface area contributed by atoms with Crippen LogP contribution in [0.1, 0.15) is 31.2 Å². The number of carbonyl (C=O) groups is 1. The first kappa shape index (κ1) is 11.0. The average Bonchev–Trinajstić information content (AvgIpc) is 2.70. The number of hydrogen-bond acceptors (Lipinski definition) is 2. The molecule has 2 rings (SSSR count). The predicted octanol–water partition coefficient (Wildman–Crippen LogP) is 2.08. The van der Waals surface area contributed by atoms with Crippen LogP contribution >= 0.6 is 0 Å². The molecule has 1 fully saturated rings. The number of benzene rings is 1. The number of amides is 1. The summed E-state index contributed by atoms with van der Waals surface area (Å²) in [4.78, 5) is 11.4. The molecule has 1 saturated heterocycles. The van der Waals surface area contributed by atoms with Crippen LogP contribution in [0, 0.1) is 0 Å². The van der Waals surface area contributed by atoms with E-state index in [-0.39, 0.29) is 11.9 Å². The van der Waals surface area contributed by atoms with Crippen LogP contribution in [0.3, 0.4) is 0 Å². The lowest BCUT2D eigenvalue weighted by Crippen LogP contribution is -2.27. The van der Waals surface area contributed by atoms with Gasteiger partial charge in [0.15, 0.2) is 0 Å². The highest BCUT2D eigenvalue weighted by Crippen LogP contribution is 2.30. The fourth-order valence-corrected chi connectivity index (χ4v) is 2.30. The van der Waals surface area contributed by atoms with Crippen LogP contribution in [-0.4, -0.2) is 19.1 Å². The summed E-state index contributed by atoms with van der Waals surface area (Å²) in [5.74, 6) is 1.32. The number of carbonyl (C=O) groups excluding carboxylic acids is 1. The van der Waals surface area contributed by atoms with Gasteiger partial charge < -0.3 is 10.1 Å². The van der Waals surface area contributed by atoms with E-state index in [1.807, 2.05) is 24.3 Å². The van der Waals surface area contributed by atoms with E-state index in [4.69, 9.17) is 4.74 Å². The maximum atomic E-state index is 11.4. The zero-order valence-corrected chi connectivity index (χ0v) is 9.69. The summed E-state index contributed by atoms with van der Waals surface area (Å²) < 4.78 is 5.12.